The first-order valence-electron chi connectivity index (χ1n) is 6.54. The third-order valence-electron chi connectivity index (χ3n) is 3.81. The molecule has 0 radical (unpaired) electrons. The number of likely N-dealkylation sites (N-methyl/N-ethyl adjacent to an activating group) is 1. The minimum atomic E-state index is -0.523. The molecule has 2 heterocycles. The van der Waals surface area contributed by atoms with Crippen LogP contribution in [0.25, 0.3) is 0 Å². The molecule has 5 nitrogen and oxygen atoms in total. The van der Waals surface area contributed by atoms with Crippen LogP contribution in [-0.2, 0) is 4.79 Å². The van der Waals surface area contributed by atoms with Crippen molar-refractivity contribution in [1.29, 1.82) is 0 Å². The molecule has 0 bridgehead atoms. The zero-order valence-corrected chi connectivity index (χ0v) is 13.0. The van der Waals surface area contributed by atoms with Crippen LogP contribution >= 0.6 is 11.3 Å². The van der Waals surface area contributed by atoms with Crippen molar-refractivity contribution < 1.29 is 4.79 Å². The van der Waals surface area contributed by atoms with Crippen LogP contribution < -0.4 is 10.2 Å². The van der Waals surface area contributed by atoms with E-state index < -0.39 is 5.54 Å². The van der Waals surface area contributed by atoms with E-state index in [1.807, 2.05) is 34.1 Å². The zero-order valence-electron chi connectivity index (χ0n) is 12.2. The molecule has 2 rings (SSSR count). The molecule has 1 unspecified atom stereocenters. The molecule has 19 heavy (non-hydrogen) atoms. The average Bonchev–Trinajstić information content (AvgIpc) is 2.84. The predicted octanol–water partition coefficient (Wildman–Crippen LogP) is 1.48. The van der Waals surface area contributed by atoms with Crippen LogP contribution in [0.15, 0.2) is 6.20 Å². The van der Waals surface area contributed by atoms with E-state index in [-0.39, 0.29) is 11.9 Å². The molecule has 1 aliphatic heterocycles. The van der Waals surface area contributed by atoms with E-state index in [4.69, 9.17) is 0 Å². The molecule has 0 aliphatic carbocycles. The fourth-order valence-corrected chi connectivity index (χ4v) is 3.44. The van der Waals surface area contributed by atoms with Crippen LogP contribution in [0, 0.1) is 0 Å². The van der Waals surface area contributed by atoms with Crippen LogP contribution in [0.5, 0.6) is 0 Å². The van der Waals surface area contributed by atoms with Crippen LogP contribution in [-0.4, -0.2) is 48.5 Å². The van der Waals surface area contributed by atoms with Crippen LogP contribution in [0.1, 0.15) is 31.7 Å². The smallest absolute Gasteiger partial charge is 0.247 e. The van der Waals surface area contributed by atoms with E-state index in [1.165, 1.54) is 4.88 Å². The highest BCUT2D eigenvalue weighted by molar-refractivity contribution is 7.15. The standard InChI is InChI=1S/C13H22N4OS/c1-9(14-4)10-8-15-12(19-10)17-7-6-16(5)11(18)13(17,2)3/h8-9,14H,6-7H2,1-5H3. The van der Waals surface area contributed by atoms with Crippen molar-refractivity contribution in [3.8, 4) is 0 Å². The molecule has 1 fully saturated rings. The Morgan fingerprint density at radius 3 is 2.79 bits per heavy atom. The maximum Gasteiger partial charge on any atom is 0.247 e. The van der Waals surface area contributed by atoms with E-state index in [0.29, 0.717) is 0 Å². The second-order valence-corrected chi connectivity index (χ2v) is 6.53. The van der Waals surface area contributed by atoms with Gasteiger partial charge in [0, 0.05) is 37.3 Å². The topological polar surface area (TPSA) is 48.5 Å². The second-order valence-electron chi connectivity index (χ2n) is 5.49. The number of piperazine rings is 1. The predicted molar refractivity (Wildman–Crippen MR) is 78.7 cm³/mol. The Labute approximate surface area is 118 Å². The summed E-state index contributed by atoms with van der Waals surface area (Å²) < 4.78 is 0. The monoisotopic (exact) mass is 282 g/mol. The molecular formula is C13H22N4OS. The van der Waals surface area contributed by atoms with Gasteiger partial charge in [-0.1, -0.05) is 0 Å². The number of carbonyl (C=O) groups excluding carboxylic acids is 1. The van der Waals surface area contributed by atoms with Crippen molar-refractivity contribution in [2.75, 3.05) is 32.1 Å². The Bertz CT molecular complexity index is 471. The number of hydrogen-bond acceptors (Lipinski definition) is 5. The molecule has 0 aromatic carbocycles. The fourth-order valence-electron chi connectivity index (χ4n) is 2.29. The normalized spacial score (nSPS) is 20.8. The van der Waals surface area contributed by atoms with Crippen molar-refractivity contribution in [3.63, 3.8) is 0 Å². The molecular weight excluding hydrogens is 260 g/mol. The van der Waals surface area contributed by atoms with E-state index in [9.17, 15) is 4.79 Å². The number of carbonyl (C=O) groups is 1. The molecule has 0 spiro atoms. The first-order valence-corrected chi connectivity index (χ1v) is 7.35. The molecule has 1 aromatic heterocycles. The van der Waals surface area contributed by atoms with Crippen molar-refractivity contribution in [2.24, 2.45) is 0 Å². The molecule has 106 valence electrons. The minimum Gasteiger partial charge on any atom is -0.342 e. The Balaban J connectivity index is 2.26. The van der Waals surface area contributed by atoms with Gasteiger partial charge in [-0.15, -0.1) is 11.3 Å². The lowest BCUT2D eigenvalue weighted by molar-refractivity contribution is -0.136. The molecule has 1 N–H and O–H groups in total. The summed E-state index contributed by atoms with van der Waals surface area (Å²) in [6, 6.07) is 0.289. The van der Waals surface area contributed by atoms with E-state index >= 15 is 0 Å². The highest BCUT2D eigenvalue weighted by Gasteiger charge is 2.41. The van der Waals surface area contributed by atoms with Crippen molar-refractivity contribution in [3.05, 3.63) is 11.1 Å². The summed E-state index contributed by atoms with van der Waals surface area (Å²) >= 11 is 1.66. The molecule has 1 saturated heterocycles. The van der Waals surface area contributed by atoms with Crippen molar-refractivity contribution >= 4 is 22.4 Å². The van der Waals surface area contributed by atoms with E-state index in [2.05, 4.69) is 22.1 Å². The number of aromatic nitrogens is 1. The summed E-state index contributed by atoms with van der Waals surface area (Å²) in [5.41, 5.74) is -0.523. The Hall–Kier alpha value is -1.14. The SMILES string of the molecule is CNC(C)c1cnc(N2CCN(C)C(=O)C2(C)C)s1. The van der Waals surface area contributed by atoms with Gasteiger partial charge in [-0.2, -0.15) is 0 Å². The van der Waals surface area contributed by atoms with E-state index in [0.717, 1.165) is 18.2 Å². The molecule has 1 atom stereocenters. The number of thiazole rings is 1. The van der Waals surface area contributed by atoms with Crippen LogP contribution in [0.3, 0.4) is 0 Å². The second kappa shape index (κ2) is 5.09. The summed E-state index contributed by atoms with van der Waals surface area (Å²) in [7, 11) is 3.80. The summed E-state index contributed by atoms with van der Waals surface area (Å²) in [5, 5.41) is 4.14. The van der Waals surface area contributed by atoms with Gasteiger partial charge in [0.15, 0.2) is 5.13 Å². The summed E-state index contributed by atoms with van der Waals surface area (Å²) in [5.74, 6) is 0.150. The lowest BCUT2D eigenvalue weighted by Gasteiger charge is -2.44. The maximum atomic E-state index is 12.3. The van der Waals surface area contributed by atoms with Gasteiger partial charge in [0.25, 0.3) is 0 Å². The minimum absolute atomic E-state index is 0.150. The highest BCUT2D eigenvalue weighted by atomic mass is 32.1. The summed E-state index contributed by atoms with van der Waals surface area (Å²) in [6.45, 7) is 7.62. The molecule has 1 aromatic rings. The van der Waals surface area contributed by atoms with Gasteiger partial charge >= 0.3 is 0 Å². The van der Waals surface area contributed by atoms with Gasteiger partial charge < -0.3 is 15.1 Å². The summed E-state index contributed by atoms with van der Waals surface area (Å²) in [6.07, 6.45) is 1.90. The quantitative estimate of drug-likeness (QED) is 0.912. The van der Waals surface area contributed by atoms with Crippen molar-refractivity contribution in [1.82, 2.24) is 15.2 Å². The lowest BCUT2D eigenvalue weighted by atomic mass is 9.99. The molecule has 1 amide bonds. The van der Waals surface area contributed by atoms with Gasteiger partial charge in [0.05, 0.1) is 0 Å². The number of nitrogens with zero attached hydrogens (tertiary/aromatic N) is 3. The Morgan fingerprint density at radius 2 is 2.16 bits per heavy atom. The number of amides is 1. The maximum absolute atomic E-state index is 12.3. The van der Waals surface area contributed by atoms with Gasteiger partial charge in [0.1, 0.15) is 5.54 Å². The first kappa shape index (κ1) is 14.3. The average molecular weight is 282 g/mol. The first-order chi connectivity index (χ1) is 8.87. The fraction of sp³-hybridized carbons (Fsp3) is 0.692. The number of hydrogen-bond donors (Lipinski definition) is 1. The van der Waals surface area contributed by atoms with Crippen LogP contribution in [0.4, 0.5) is 5.13 Å². The zero-order chi connectivity index (χ0) is 14.2. The Morgan fingerprint density at radius 1 is 1.47 bits per heavy atom. The lowest BCUT2D eigenvalue weighted by Crippen LogP contribution is -2.62. The Kier molecular flexibility index (Phi) is 3.82. The number of nitrogens with one attached hydrogen (secondary N) is 1. The molecule has 1 aliphatic rings. The number of anilines is 1. The highest BCUT2D eigenvalue weighted by Crippen LogP contribution is 2.33. The van der Waals surface area contributed by atoms with Crippen LogP contribution in [0.2, 0.25) is 0 Å². The van der Waals surface area contributed by atoms with E-state index in [1.54, 1.807) is 16.2 Å². The summed E-state index contributed by atoms with van der Waals surface area (Å²) in [4.78, 5) is 21.9. The van der Waals surface area contributed by atoms with Gasteiger partial charge in [0.2, 0.25) is 5.91 Å². The van der Waals surface area contributed by atoms with Gasteiger partial charge in [-0.3, -0.25) is 4.79 Å². The molecule has 0 saturated carbocycles. The number of rotatable bonds is 3. The van der Waals surface area contributed by atoms with Gasteiger partial charge in [-0.25, -0.2) is 4.98 Å². The molecule has 6 heteroatoms. The third kappa shape index (κ3) is 2.47. The third-order valence-corrected chi connectivity index (χ3v) is 5.01. The van der Waals surface area contributed by atoms with Gasteiger partial charge in [-0.05, 0) is 27.8 Å². The van der Waals surface area contributed by atoms with Crippen molar-refractivity contribution in [2.45, 2.75) is 32.4 Å². The largest absolute Gasteiger partial charge is 0.342 e.